The standard InChI is InChI=1S/C16H18N2O3S/c1-20-13-9-7-11(8-10-13)14-17-18(16(22)21-14)15(19)12-5-3-2-4-6-12/h7-10,12H,2-6H2,1H3. The maximum absolute atomic E-state index is 12.5. The summed E-state index contributed by atoms with van der Waals surface area (Å²) in [7, 11) is 1.61. The van der Waals surface area contributed by atoms with E-state index in [1.165, 1.54) is 11.1 Å². The van der Waals surface area contributed by atoms with Gasteiger partial charge in [-0.25, -0.2) is 0 Å². The number of rotatable bonds is 3. The Hall–Kier alpha value is -1.95. The average molecular weight is 318 g/mol. The molecule has 0 unspecified atom stereocenters. The molecule has 1 fully saturated rings. The van der Waals surface area contributed by atoms with Gasteiger partial charge in [0.25, 0.3) is 10.7 Å². The molecular weight excluding hydrogens is 300 g/mol. The zero-order valence-electron chi connectivity index (χ0n) is 12.4. The summed E-state index contributed by atoms with van der Waals surface area (Å²) in [6.07, 6.45) is 5.20. The summed E-state index contributed by atoms with van der Waals surface area (Å²) >= 11 is 5.16. The first-order valence-electron chi connectivity index (χ1n) is 7.48. The molecule has 0 amide bonds. The van der Waals surface area contributed by atoms with Crippen molar-refractivity contribution in [1.29, 1.82) is 0 Å². The number of methoxy groups -OCH3 is 1. The van der Waals surface area contributed by atoms with Crippen LogP contribution in [0.4, 0.5) is 0 Å². The van der Waals surface area contributed by atoms with E-state index < -0.39 is 0 Å². The molecule has 2 aromatic rings. The minimum atomic E-state index is -0.0480. The van der Waals surface area contributed by atoms with Gasteiger partial charge >= 0.3 is 0 Å². The van der Waals surface area contributed by atoms with Gasteiger partial charge in [0.1, 0.15) is 5.75 Å². The number of benzene rings is 1. The van der Waals surface area contributed by atoms with Gasteiger partial charge in [-0.2, -0.15) is 4.68 Å². The fourth-order valence-corrected chi connectivity index (χ4v) is 3.00. The van der Waals surface area contributed by atoms with Gasteiger partial charge in [0.05, 0.1) is 7.11 Å². The van der Waals surface area contributed by atoms with Crippen molar-refractivity contribution >= 4 is 18.1 Å². The third-order valence-corrected chi connectivity index (χ3v) is 4.30. The maximum Gasteiger partial charge on any atom is 0.294 e. The molecule has 1 saturated carbocycles. The number of nitrogens with zero attached hydrogens (tertiary/aromatic N) is 2. The highest BCUT2D eigenvalue weighted by atomic mass is 32.1. The van der Waals surface area contributed by atoms with Crippen molar-refractivity contribution in [2.75, 3.05) is 7.11 Å². The van der Waals surface area contributed by atoms with E-state index in [9.17, 15) is 4.79 Å². The Morgan fingerprint density at radius 3 is 2.59 bits per heavy atom. The van der Waals surface area contributed by atoms with Crippen LogP contribution in [0, 0.1) is 10.8 Å². The maximum atomic E-state index is 12.5. The predicted octanol–water partition coefficient (Wildman–Crippen LogP) is 4.10. The molecule has 1 aromatic carbocycles. The molecule has 0 radical (unpaired) electrons. The van der Waals surface area contributed by atoms with Crippen molar-refractivity contribution in [2.24, 2.45) is 5.92 Å². The second-order valence-corrected chi connectivity index (χ2v) is 5.84. The van der Waals surface area contributed by atoms with Gasteiger partial charge in [0, 0.05) is 11.5 Å². The van der Waals surface area contributed by atoms with Crippen LogP contribution in [0.3, 0.4) is 0 Å². The van der Waals surface area contributed by atoms with Crippen molar-refractivity contribution in [2.45, 2.75) is 32.1 Å². The number of aromatic nitrogens is 2. The minimum Gasteiger partial charge on any atom is -0.497 e. The molecule has 0 N–H and O–H groups in total. The fourth-order valence-electron chi connectivity index (χ4n) is 2.79. The van der Waals surface area contributed by atoms with Gasteiger partial charge in [-0.15, -0.1) is 5.10 Å². The van der Waals surface area contributed by atoms with Gasteiger partial charge in [-0.3, -0.25) is 4.79 Å². The Morgan fingerprint density at radius 2 is 1.95 bits per heavy atom. The summed E-state index contributed by atoms with van der Waals surface area (Å²) in [5.41, 5.74) is 0.766. The van der Waals surface area contributed by atoms with Gasteiger partial charge < -0.3 is 9.15 Å². The van der Waals surface area contributed by atoms with Gasteiger partial charge in [-0.05, 0) is 49.3 Å². The molecule has 1 aliphatic rings. The van der Waals surface area contributed by atoms with E-state index >= 15 is 0 Å². The Balaban J connectivity index is 1.86. The zero-order chi connectivity index (χ0) is 15.5. The smallest absolute Gasteiger partial charge is 0.294 e. The third-order valence-electron chi connectivity index (χ3n) is 4.05. The van der Waals surface area contributed by atoms with Crippen LogP contribution in [0.5, 0.6) is 5.75 Å². The Labute approximate surface area is 133 Å². The van der Waals surface area contributed by atoms with E-state index in [-0.39, 0.29) is 16.7 Å². The first-order valence-corrected chi connectivity index (χ1v) is 7.88. The monoisotopic (exact) mass is 318 g/mol. The SMILES string of the molecule is COc1ccc(-c2nn(C(=O)C3CCCCC3)c(=S)o2)cc1. The van der Waals surface area contributed by atoms with Crippen LogP contribution in [-0.2, 0) is 0 Å². The summed E-state index contributed by atoms with van der Waals surface area (Å²) in [5, 5.41) is 4.27. The molecule has 0 aliphatic heterocycles. The van der Waals surface area contributed by atoms with Crippen molar-refractivity contribution < 1.29 is 13.9 Å². The van der Waals surface area contributed by atoms with Crippen LogP contribution in [0.2, 0.25) is 0 Å². The van der Waals surface area contributed by atoms with Gasteiger partial charge in [0.2, 0.25) is 5.89 Å². The summed E-state index contributed by atoms with van der Waals surface area (Å²) in [5.74, 6) is 1.07. The lowest BCUT2D eigenvalue weighted by molar-refractivity contribution is 0.0779. The van der Waals surface area contributed by atoms with Crippen molar-refractivity contribution in [1.82, 2.24) is 9.78 Å². The first-order chi connectivity index (χ1) is 10.7. The van der Waals surface area contributed by atoms with E-state index in [1.807, 2.05) is 24.3 Å². The molecule has 5 nitrogen and oxygen atoms in total. The molecule has 116 valence electrons. The number of carbonyl (C=O) groups excluding carboxylic acids is 1. The number of hydrogen-bond acceptors (Lipinski definition) is 5. The minimum absolute atomic E-state index is 0.00858. The van der Waals surface area contributed by atoms with E-state index in [2.05, 4.69) is 5.10 Å². The van der Waals surface area contributed by atoms with Gasteiger partial charge in [0.15, 0.2) is 0 Å². The lowest BCUT2D eigenvalue weighted by atomic mass is 9.89. The number of hydrogen-bond donors (Lipinski definition) is 0. The second-order valence-electron chi connectivity index (χ2n) is 5.49. The molecule has 22 heavy (non-hydrogen) atoms. The highest BCUT2D eigenvalue weighted by Gasteiger charge is 2.25. The third kappa shape index (κ3) is 2.97. The first kappa shape index (κ1) is 15.0. The van der Waals surface area contributed by atoms with E-state index in [4.69, 9.17) is 21.4 Å². The van der Waals surface area contributed by atoms with Crippen molar-refractivity contribution in [3.05, 3.63) is 29.1 Å². The molecule has 1 aromatic heterocycles. The molecule has 6 heteroatoms. The zero-order valence-corrected chi connectivity index (χ0v) is 13.3. The number of carbonyl (C=O) groups is 1. The van der Waals surface area contributed by atoms with Crippen LogP contribution in [-0.4, -0.2) is 22.8 Å². The summed E-state index contributed by atoms with van der Waals surface area (Å²) in [4.78, 5) is 12.6. The van der Waals surface area contributed by atoms with Crippen LogP contribution >= 0.6 is 12.2 Å². The molecule has 0 bridgehead atoms. The predicted molar refractivity (Wildman–Crippen MR) is 84.5 cm³/mol. The molecular formula is C16H18N2O3S. The van der Waals surface area contributed by atoms with Crippen molar-refractivity contribution in [3.8, 4) is 17.2 Å². The fraction of sp³-hybridized carbons (Fsp3) is 0.438. The molecule has 0 spiro atoms. The van der Waals surface area contributed by atoms with Crippen LogP contribution in [0.25, 0.3) is 11.5 Å². The topological polar surface area (TPSA) is 57.3 Å². The lowest BCUT2D eigenvalue weighted by Crippen LogP contribution is -2.24. The quantitative estimate of drug-likeness (QED) is 0.797. The van der Waals surface area contributed by atoms with Crippen LogP contribution in [0.1, 0.15) is 36.9 Å². The molecule has 1 heterocycles. The van der Waals surface area contributed by atoms with E-state index in [1.54, 1.807) is 7.11 Å². The molecule has 1 aliphatic carbocycles. The number of ether oxygens (including phenoxy) is 1. The van der Waals surface area contributed by atoms with Crippen molar-refractivity contribution in [3.63, 3.8) is 0 Å². The Morgan fingerprint density at radius 1 is 1.27 bits per heavy atom. The average Bonchev–Trinajstić information content (AvgIpc) is 2.97. The van der Waals surface area contributed by atoms with Crippen LogP contribution < -0.4 is 4.74 Å². The van der Waals surface area contributed by atoms with Gasteiger partial charge in [-0.1, -0.05) is 19.3 Å². The largest absolute Gasteiger partial charge is 0.497 e. The normalized spacial score (nSPS) is 15.7. The van der Waals surface area contributed by atoms with E-state index in [0.717, 1.165) is 37.0 Å². The summed E-state index contributed by atoms with van der Waals surface area (Å²) in [6.45, 7) is 0. The Bertz CT molecular complexity index is 712. The second kappa shape index (κ2) is 6.44. The summed E-state index contributed by atoms with van der Waals surface area (Å²) < 4.78 is 11.9. The molecule has 0 atom stereocenters. The van der Waals surface area contributed by atoms with E-state index in [0.29, 0.717) is 5.89 Å². The molecule has 3 rings (SSSR count). The Kier molecular flexibility index (Phi) is 4.38. The highest BCUT2D eigenvalue weighted by molar-refractivity contribution is 7.71. The summed E-state index contributed by atoms with van der Waals surface area (Å²) in [6, 6.07) is 7.29. The highest BCUT2D eigenvalue weighted by Crippen LogP contribution is 2.26. The lowest BCUT2D eigenvalue weighted by Gasteiger charge is -2.19. The van der Waals surface area contributed by atoms with Crippen LogP contribution in [0.15, 0.2) is 28.7 Å². The molecule has 0 saturated heterocycles.